The van der Waals surface area contributed by atoms with Crippen LogP contribution in [0.25, 0.3) is 10.2 Å². The molecule has 3 aromatic carbocycles. The molecular formula is C23H20N4O3S3. The Kier molecular flexibility index (Phi) is 6.97. The maximum Gasteiger partial charge on any atom is 0.284 e. The van der Waals surface area contributed by atoms with E-state index < -0.39 is 10.0 Å². The van der Waals surface area contributed by atoms with Gasteiger partial charge in [0.15, 0.2) is 16.1 Å². The molecule has 0 amide bonds. The lowest BCUT2D eigenvalue weighted by atomic mass is 10.2. The largest absolute Gasteiger partial charge is 0.494 e. The molecule has 0 atom stereocenters. The number of nitrogens with one attached hydrogen (secondary N) is 2. The summed E-state index contributed by atoms with van der Waals surface area (Å²) in [6, 6.07) is 22.6. The number of sulfonamides is 1. The molecule has 168 valence electrons. The van der Waals surface area contributed by atoms with Crippen molar-refractivity contribution in [3.8, 4) is 5.75 Å². The second kappa shape index (κ2) is 10.1. The van der Waals surface area contributed by atoms with Crippen LogP contribution in [0.15, 0.2) is 88.2 Å². The Morgan fingerprint density at radius 1 is 1.06 bits per heavy atom. The van der Waals surface area contributed by atoms with Gasteiger partial charge in [-0.05, 0) is 49.5 Å². The summed E-state index contributed by atoms with van der Waals surface area (Å²) < 4.78 is 36.2. The number of ether oxygens (including phenoxy) is 1. The average molecular weight is 497 g/mol. The van der Waals surface area contributed by atoms with E-state index >= 15 is 0 Å². The fraction of sp³-hybridized carbons (Fsp3) is 0.0870. The number of anilines is 1. The molecule has 0 spiro atoms. The van der Waals surface area contributed by atoms with Gasteiger partial charge >= 0.3 is 0 Å². The SMILES string of the molecule is CCOc1ccc2nc(NC(=S)NC(=NS(=O)(=O)c3ccccc3)c3ccccc3)sc2c1. The summed E-state index contributed by atoms with van der Waals surface area (Å²) in [5, 5.41) is 6.67. The number of benzene rings is 3. The third kappa shape index (κ3) is 5.72. The van der Waals surface area contributed by atoms with Crippen LogP contribution in [0.2, 0.25) is 0 Å². The zero-order chi connectivity index (χ0) is 23.3. The summed E-state index contributed by atoms with van der Waals surface area (Å²) in [4.78, 5) is 4.62. The van der Waals surface area contributed by atoms with Gasteiger partial charge in [-0.1, -0.05) is 59.9 Å². The molecular weight excluding hydrogens is 476 g/mol. The van der Waals surface area contributed by atoms with Crippen LogP contribution in [0.1, 0.15) is 12.5 Å². The molecule has 0 saturated heterocycles. The van der Waals surface area contributed by atoms with Crippen molar-refractivity contribution in [1.29, 1.82) is 0 Å². The van der Waals surface area contributed by atoms with Gasteiger partial charge in [0, 0.05) is 5.56 Å². The molecule has 0 radical (unpaired) electrons. The van der Waals surface area contributed by atoms with Gasteiger partial charge < -0.3 is 15.4 Å². The second-order valence-electron chi connectivity index (χ2n) is 6.75. The molecule has 2 N–H and O–H groups in total. The Bertz CT molecular complexity index is 1400. The Morgan fingerprint density at radius 2 is 1.76 bits per heavy atom. The van der Waals surface area contributed by atoms with Crippen molar-refractivity contribution < 1.29 is 13.2 Å². The maximum atomic E-state index is 12.8. The second-order valence-corrected chi connectivity index (χ2v) is 9.80. The molecule has 4 aromatic rings. The molecule has 33 heavy (non-hydrogen) atoms. The number of aromatic nitrogens is 1. The van der Waals surface area contributed by atoms with Crippen LogP contribution in [0, 0.1) is 0 Å². The van der Waals surface area contributed by atoms with Crippen molar-refractivity contribution in [2.24, 2.45) is 4.40 Å². The van der Waals surface area contributed by atoms with Crippen LogP contribution in [-0.2, 0) is 10.0 Å². The van der Waals surface area contributed by atoms with Crippen LogP contribution < -0.4 is 15.4 Å². The van der Waals surface area contributed by atoms with E-state index in [1.165, 1.54) is 23.5 Å². The lowest BCUT2D eigenvalue weighted by molar-refractivity contribution is 0.341. The highest BCUT2D eigenvalue weighted by Crippen LogP contribution is 2.29. The van der Waals surface area contributed by atoms with Crippen molar-refractivity contribution in [1.82, 2.24) is 10.3 Å². The first-order valence-corrected chi connectivity index (χ1v) is 12.7. The zero-order valence-electron chi connectivity index (χ0n) is 17.6. The minimum absolute atomic E-state index is 0.0929. The zero-order valence-corrected chi connectivity index (χ0v) is 20.0. The number of rotatable bonds is 6. The minimum atomic E-state index is -3.95. The predicted molar refractivity (Wildman–Crippen MR) is 137 cm³/mol. The maximum absolute atomic E-state index is 12.8. The molecule has 1 aromatic heterocycles. The number of fused-ring (bicyclic) bond motifs is 1. The molecule has 0 unspecified atom stereocenters. The molecule has 1 heterocycles. The Balaban J connectivity index is 1.59. The molecule has 7 nitrogen and oxygen atoms in total. The lowest BCUT2D eigenvalue weighted by Gasteiger charge is -2.11. The van der Waals surface area contributed by atoms with E-state index in [2.05, 4.69) is 20.0 Å². The van der Waals surface area contributed by atoms with E-state index in [1.54, 1.807) is 42.5 Å². The van der Waals surface area contributed by atoms with Gasteiger partial charge in [0.05, 0.1) is 21.7 Å². The number of nitrogens with zero attached hydrogens (tertiary/aromatic N) is 2. The van der Waals surface area contributed by atoms with E-state index in [1.807, 2.05) is 31.2 Å². The minimum Gasteiger partial charge on any atom is -0.494 e. The monoisotopic (exact) mass is 496 g/mol. The third-order valence-electron chi connectivity index (χ3n) is 4.42. The van der Waals surface area contributed by atoms with Gasteiger partial charge in [0.25, 0.3) is 10.0 Å². The van der Waals surface area contributed by atoms with Crippen LogP contribution in [0.4, 0.5) is 5.13 Å². The van der Waals surface area contributed by atoms with Crippen molar-refractivity contribution in [2.75, 3.05) is 11.9 Å². The highest BCUT2D eigenvalue weighted by Gasteiger charge is 2.16. The first kappa shape index (κ1) is 22.8. The first-order chi connectivity index (χ1) is 15.9. The molecule has 0 bridgehead atoms. The van der Waals surface area contributed by atoms with Gasteiger partial charge in [-0.2, -0.15) is 8.42 Å². The summed E-state index contributed by atoms with van der Waals surface area (Å²) in [5.41, 5.74) is 1.38. The van der Waals surface area contributed by atoms with E-state index in [0.717, 1.165) is 16.0 Å². The highest BCUT2D eigenvalue weighted by molar-refractivity contribution is 7.90. The summed E-state index contributed by atoms with van der Waals surface area (Å²) in [7, 11) is -3.95. The van der Waals surface area contributed by atoms with Gasteiger partial charge in [0.2, 0.25) is 0 Å². The standard InChI is InChI=1S/C23H20N4O3S3/c1-2-30-17-13-14-19-20(15-17)32-23(24-19)26-22(31)25-21(16-9-5-3-6-10-16)27-33(28,29)18-11-7-4-8-12-18/h3-15H,2H2,1H3,(H2,24,25,26,27,31). The Morgan fingerprint density at radius 3 is 2.45 bits per heavy atom. The van der Waals surface area contributed by atoms with E-state index in [-0.39, 0.29) is 15.8 Å². The average Bonchev–Trinajstić information content (AvgIpc) is 3.21. The predicted octanol–water partition coefficient (Wildman–Crippen LogP) is 4.82. The van der Waals surface area contributed by atoms with Crippen molar-refractivity contribution in [3.63, 3.8) is 0 Å². The fourth-order valence-corrected chi connectivity index (χ4v) is 5.11. The highest BCUT2D eigenvalue weighted by atomic mass is 32.2. The van der Waals surface area contributed by atoms with Crippen LogP contribution in [0.5, 0.6) is 5.75 Å². The van der Waals surface area contributed by atoms with Gasteiger partial charge in [-0.15, -0.1) is 4.40 Å². The van der Waals surface area contributed by atoms with E-state index in [9.17, 15) is 8.42 Å². The first-order valence-electron chi connectivity index (χ1n) is 10.0. The third-order valence-corrected chi connectivity index (χ3v) is 6.85. The number of hydrogen-bond acceptors (Lipinski definition) is 6. The normalized spacial score (nSPS) is 11.8. The van der Waals surface area contributed by atoms with Crippen molar-refractivity contribution in [3.05, 3.63) is 84.4 Å². The van der Waals surface area contributed by atoms with Gasteiger partial charge in [-0.25, -0.2) is 4.98 Å². The molecule has 10 heteroatoms. The van der Waals surface area contributed by atoms with E-state index in [4.69, 9.17) is 17.0 Å². The van der Waals surface area contributed by atoms with Crippen LogP contribution in [-0.4, -0.2) is 31.0 Å². The van der Waals surface area contributed by atoms with Gasteiger partial charge in [-0.3, -0.25) is 0 Å². The van der Waals surface area contributed by atoms with Gasteiger partial charge in [0.1, 0.15) is 5.75 Å². The Hall–Kier alpha value is -3.34. The van der Waals surface area contributed by atoms with Crippen LogP contribution >= 0.6 is 23.6 Å². The molecule has 0 fully saturated rings. The fourth-order valence-electron chi connectivity index (χ4n) is 2.96. The summed E-state index contributed by atoms with van der Waals surface area (Å²) in [6.45, 7) is 2.51. The quantitative estimate of drug-likeness (QED) is 0.225. The number of thiocarbonyl (C=S) groups is 1. The molecule has 0 aliphatic rings. The number of thiazole rings is 1. The lowest BCUT2D eigenvalue weighted by Crippen LogP contribution is -2.35. The molecule has 0 saturated carbocycles. The smallest absolute Gasteiger partial charge is 0.284 e. The molecule has 0 aliphatic heterocycles. The number of amidine groups is 1. The van der Waals surface area contributed by atoms with Crippen molar-refractivity contribution in [2.45, 2.75) is 11.8 Å². The van der Waals surface area contributed by atoms with Crippen LogP contribution in [0.3, 0.4) is 0 Å². The summed E-state index contributed by atoms with van der Waals surface area (Å²) in [5.74, 6) is 0.877. The van der Waals surface area contributed by atoms with Crippen molar-refractivity contribution >= 4 is 59.9 Å². The summed E-state index contributed by atoms with van der Waals surface area (Å²) >= 11 is 6.84. The summed E-state index contributed by atoms with van der Waals surface area (Å²) in [6.07, 6.45) is 0. The Labute approximate surface area is 201 Å². The topological polar surface area (TPSA) is 92.7 Å². The van der Waals surface area contributed by atoms with E-state index in [0.29, 0.717) is 17.3 Å². The molecule has 0 aliphatic carbocycles. The number of hydrogen-bond donors (Lipinski definition) is 2. The molecule has 4 rings (SSSR count).